The Morgan fingerprint density at radius 2 is 1.96 bits per heavy atom. The lowest BCUT2D eigenvalue weighted by molar-refractivity contribution is -0.132. The number of aryl methyl sites for hydroxylation is 1. The van der Waals surface area contributed by atoms with Crippen LogP contribution in [0.1, 0.15) is 48.4 Å². The lowest BCUT2D eigenvalue weighted by Gasteiger charge is -2.37. The van der Waals surface area contributed by atoms with Crippen LogP contribution in [0.4, 0.5) is 0 Å². The summed E-state index contributed by atoms with van der Waals surface area (Å²) in [6.07, 6.45) is 4.41. The van der Waals surface area contributed by atoms with Crippen LogP contribution < -0.4 is 5.32 Å². The molecule has 1 unspecified atom stereocenters. The standard InChI is InChI=1S/C20H31N3O/c1-16-6-5-7-18(17(16)2)19-8-3-4-12-22(19)13-9-20(24)23-14-10-21-11-15-23/h5-7,19,21H,3-4,8-15H2,1-2H3. The molecule has 24 heavy (non-hydrogen) atoms. The lowest BCUT2D eigenvalue weighted by Crippen LogP contribution is -2.47. The number of benzene rings is 1. The van der Waals surface area contributed by atoms with Crippen molar-refractivity contribution in [3.63, 3.8) is 0 Å². The fourth-order valence-corrected chi connectivity index (χ4v) is 4.06. The van der Waals surface area contributed by atoms with Gasteiger partial charge in [0.05, 0.1) is 0 Å². The minimum absolute atomic E-state index is 0.321. The van der Waals surface area contributed by atoms with Crippen LogP contribution in [0.2, 0.25) is 0 Å². The van der Waals surface area contributed by atoms with Crippen LogP contribution in [-0.4, -0.2) is 55.0 Å². The SMILES string of the molecule is Cc1cccc(C2CCCCN2CCC(=O)N2CCNCC2)c1C. The molecule has 0 aliphatic carbocycles. The summed E-state index contributed by atoms with van der Waals surface area (Å²) in [7, 11) is 0. The highest BCUT2D eigenvalue weighted by molar-refractivity contribution is 5.76. The zero-order chi connectivity index (χ0) is 16.9. The molecule has 0 aromatic heterocycles. The van der Waals surface area contributed by atoms with Gasteiger partial charge in [-0.3, -0.25) is 9.69 Å². The molecule has 2 heterocycles. The average molecular weight is 329 g/mol. The molecule has 0 saturated carbocycles. The van der Waals surface area contributed by atoms with Crippen molar-refractivity contribution in [2.75, 3.05) is 39.3 Å². The third-order valence-corrected chi connectivity index (χ3v) is 5.70. The van der Waals surface area contributed by atoms with E-state index in [4.69, 9.17) is 0 Å². The number of hydrogen-bond donors (Lipinski definition) is 1. The first-order chi connectivity index (χ1) is 11.7. The maximum Gasteiger partial charge on any atom is 0.223 e. The van der Waals surface area contributed by atoms with E-state index in [9.17, 15) is 4.79 Å². The molecule has 1 aromatic carbocycles. The van der Waals surface area contributed by atoms with Gasteiger partial charge in [0.2, 0.25) is 5.91 Å². The number of hydrogen-bond acceptors (Lipinski definition) is 3. The van der Waals surface area contributed by atoms with E-state index in [1.807, 2.05) is 4.90 Å². The summed E-state index contributed by atoms with van der Waals surface area (Å²) in [4.78, 5) is 17.0. The van der Waals surface area contributed by atoms with Gasteiger partial charge in [0.15, 0.2) is 0 Å². The number of likely N-dealkylation sites (tertiary alicyclic amines) is 1. The Hall–Kier alpha value is -1.39. The number of nitrogens with one attached hydrogen (secondary N) is 1. The van der Waals surface area contributed by atoms with Crippen molar-refractivity contribution in [1.82, 2.24) is 15.1 Å². The van der Waals surface area contributed by atoms with Gasteiger partial charge in [0.25, 0.3) is 0 Å². The minimum Gasteiger partial charge on any atom is -0.340 e. The largest absolute Gasteiger partial charge is 0.340 e. The Balaban J connectivity index is 1.64. The van der Waals surface area contributed by atoms with E-state index < -0.39 is 0 Å². The zero-order valence-electron chi connectivity index (χ0n) is 15.2. The molecule has 4 heteroatoms. The van der Waals surface area contributed by atoms with Crippen molar-refractivity contribution in [1.29, 1.82) is 0 Å². The molecule has 0 spiro atoms. The van der Waals surface area contributed by atoms with Gasteiger partial charge in [0, 0.05) is 45.2 Å². The van der Waals surface area contributed by atoms with Crippen LogP contribution in [0.25, 0.3) is 0 Å². The Kier molecular flexibility index (Phi) is 5.90. The van der Waals surface area contributed by atoms with Gasteiger partial charge in [-0.25, -0.2) is 0 Å². The molecule has 1 aromatic rings. The summed E-state index contributed by atoms with van der Waals surface area (Å²) in [5, 5.41) is 3.31. The first-order valence-corrected chi connectivity index (χ1v) is 9.45. The van der Waals surface area contributed by atoms with Crippen LogP contribution >= 0.6 is 0 Å². The quantitative estimate of drug-likeness (QED) is 0.922. The number of piperazine rings is 1. The van der Waals surface area contributed by atoms with Crippen molar-refractivity contribution in [3.8, 4) is 0 Å². The summed E-state index contributed by atoms with van der Waals surface area (Å²) in [5.74, 6) is 0.321. The molecule has 4 nitrogen and oxygen atoms in total. The van der Waals surface area contributed by atoms with Crippen molar-refractivity contribution in [2.24, 2.45) is 0 Å². The molecule has 3 rings (SSSR count). The van der Waals surface area contributed by atoms with Gasteiger partial charge in [-0.05, 0) is 49.9 Å². The first kappa shape index (κ1) is 17.4. The second-order valence-corrected chi connectivity index (χ2v) is 7.22. The van der Waals surface area contributed by atoms with Gasteiger partial charge >= 0.3 is 0 Å². The Labute approximate surface area is 146 Å². The third kappa shape index (κ3) is 3.98. The summed E-state index contributed by atoms with van der Waals surface area (Å²) in [6.45, 7) is 10.0. The first-order valence-electron chi connectivity index (χ1n) is 9.45. The topological polar surface area (TPSA) is 35.6 Å². The van der Waals surface area contributed by atoms with Crippen molar-refractivity contribution < 1.29 is 4.79 Å². The molecular formula is C20H31N3O. The zero-order valence-corrected chi connectivity index (χ0v) is 15.2. The van der Waals surface area contributed by atoms with E-state index in [0.717, 1.165) is 39.3 Å². The van der Waals surface area contributed by atoms with Crippen molar-refractivity contribution >= 4 is 5.91 Å². The molecular weight excluding hydrogens is 298 g/mol. The highest BCUT2D eigenvalue weighted by atomic mass is 16.2. The fraction of sp³-hybridized carbons (Fsp3) is 0.650. The van der Waals surface area contributed by atoms with E-state index in [2.05, 4.69) is 42.3 Å². The molecule has 1 N–H and O–H groups in total. The molecule has 2 saturated heterocycles. The van der Waals surface area contributed by atoms with Crippen LogP contribution in [0, 0.1) is 13.8 Å². The van der Waals surface area contributed by atoms with E-state index in [1.54, 1.807) is 0 Å². The molecule has 2 fully saturated rings. The number of amides is 1. The molecule has 1 amide bonds. The smallest absolute Gasteiger partial charge is 0.223 e. The molecule has 2 aliphatic rings. The number of carbonyl (C=O) groups is 1. The minimum atomic E-state index is 0.321. The Bertz CT molecular complexity index is 566. The monoisotopic (exact) mass is 329 g/mol. The molecule has 132 valence electrons. The van der Waals surface area contributed by atoms with E-state index in [0.29, 0.717) is 18.4 Å². The number of rotatable bonds is 4. The van der Waals surface area contributed by atoms with Crippen LogP contribution in [0.3, 0.4) is 0 Å². The second-order valence-electron chi connectivity index (χ2n) is 7.22. The molecule has 1 atom stereocenters. The van der Waals surface area contributed by atoms with Gasteiger partial charge < -0.3 is 10.2 Å². The third-order valence-electron chi connectivity index (χ3n) is 5.70. The number of piperidine rings is 1. The average Bonchev–Trinajstić information content (AvgIpc) is 2.63. The van der Waals surface area contributed by atoms with Gasteiger partial charge in [0.1, 0.15) is 0 Å². The summed E-state index contributed by atoms with van der Waals surface area (Å²) < 4.78 is 0. The summed E-state index contributed by atoms with van der Waals surface area (Å²) in [6, 6.07) is 7.13. The van der Waals surface area contributed by atoms with E-state index in [-0.39, 0.29) is 0 Å². The molecule has 0 radical (unpaired) electrons. The summed E-state index contributed by atoms with van der Waals surface area (Å²) in [5.41, 5.74) is 4.25. The second kappa shape index (κ2) is 8.13. The van der Waals surface area contributed by atoms with Crippen LogP contribution in [0.5, 0.6) is 0 Å². The maximum absolute atomic E-state index is 12.5. The number of carbonyl (C=O) groups excluding carboxylic acids is 1. The predicted octanol–water partition coefficient (Wildman–Crippen LogP) is 2.65. The predicted molar refractivity (Wildman–Crippen MR) is 98.1 cm³/mol. The van der Waals surface area contributed by atoms with Gasteiger partial charge in [-0.1, -0.05) is 24.6 Å². The highest BCUT2D eigenvalue weighted by Gasteiger charge is 2.26. The fourth-order valence-electron chi connectivity index (χ4n) is 4.06. The highest BCUT2D eigenvalue weighted by Crippen LogP contribution is 2.33. The van der Waals surface area contributed by atoms with E-state index in [1.165, 1.54) is 36.0 Å². The van der Waals surface area contributed by atoms with Crippen molar-refractivity contribution in [3.05, 3.63) is 34.9 Å². The number of nitrogens with zero attached hydrogens (tertiary/aromatic N) is 2. The van der Waals surface area contributed by atoms with E-state index >= 15 is 0 Å². The van der Waals surface area contributed by atoms with Crippen LogP contribution in [0.15, 0.2) is 18.2 Å². The maximum atomic E-state index is 12.5. The van der Waals surface area contributed by atoms with Gasteiger partial charge in [-0.2, -0.15) is 0 Å². The Morgan fingerprint density at radius 1 is 1.17 bits per heavy atom. The van der Waals surface area contributed by atoms with Crippen LogP contribution in [-0.2, 0) is 4.79 Å². The lowest BCUT2D eigenvalue weighted by atomic mass is 9.90. The normalized spacial score (nSPS) is 22.6. The molecule has 2 aliphatic heterocycles. The Morgan fingerprint density at radius 3 is 2.75 bits per heavy atom. The molecule has 0 bridgehead atoms. The summed E-state index contributed by atoms with van der Waals surface area (Å²) >= 11 is 0. The van der Waals surface area contributed by atoms with Gasteiger partial charge in [-0.15, -0.1) is 0 Å². The van der Waals surface area contributed by atoms with Crippen molar-refractivity contribution in [2.45, 2.75) is 45.6 Å².